The summed E-state index contributed by atoms with van der Waals surface area (Å²) in [7, 11) is -4.39. The van der Waals surface area contributed by atoms with Gasteiger partial charge < -0.3 is 11.1 Å². The van der Waals surface area contributed by atoms with Gasteiger partial charge in [0, 0.05) is 23.0 Å². The summed E-state index contributed by atoms with van der Waals surface area (Å²) in [6.07, 6.45) is 1.85. The lowest BCUT2D eigenvalue weighted by atomic mass is 9.91. The van der Waals surface area contributed by atoms with Crippen LogP contribution in [0, 0.1) is 11.3 Å². The van der Waals surface area contributed by atoms with E-state index in [4.69, 9.17) is 28.9 Å². The van der Waals surface area contributed by atoms with Gasteiger partial charge in [-0.15, -0.1) is 0 Å². The molecule has 2 aromatic carbocycles. The van der Waals surface area contributed by atoms with Crippen LogP contribution in [0.1, 0.15) is 30.9 Å². The normalized spacial score (nSPS) is 20.4. The Kier molecular flexibility index (Phi) is 7.76. The predicted octanol–water partition coefficient (Wildman–Crippen LogP) is 2.45. The number of carbonyl (C=O) groups excluding carboxylic acids is 3. The van der Waals surface area contributed by atoms with Gasteiger partial charge in [0.15, 0.2) is 5.03 Å². The van der Waals surface area contributed by atoms with Crippen molar-refractivity contribution < 1.29 is 22.8 Å². The topological polar surface area (TPSA) is 171 Å². The van der Waals surface area contributed by atoms with E-state index in [1.54, 1.807) is 31.2 Å². The molecule has 2 aliphatic rings. The second-order valence-electron chi connectivity index (χ2n) is 10.2. The van der Waals surface area contributed by atoms with Crippen LogP contribution < -0.4 is 16.0 Å². The molecule has 1 fully saturated rings. The number of rotatable bonds is 8. The van der Waals surface area contributed by atoms with Gasteiger partial charge >= 0.3 is 0 Å². The largest absolute Gasteiger partial charge is 0.368 e. The third-order valence-electron chi connectivity index (χ3n) is 7.32. The summed E-state index contributed by atoms with van der Waals surface area (Å²) in [6.45, 7) is 1.22. The molecule has 0 bridgehead atoms. The van der Waals surface area contributed by atoms with Gasteiger partial charge in [0.25, 0.3) is 15.9 Å². The number of hydrogen-bond donors (Lipinski definition) is 2. The van der Waals surface area contributed by atoms with Crippen molar-refractivity contribution in [1.82, 2.24) is 19.2 Å². The van der Waals surface area contributed by atoms with Gasteiger partial charge in [-0.1, -0.05) is 35.3 Å². The molecule has 3 amide bonds. The predicted molar refractivity (Wildman–Crippen MR) is 153 cm³/mol. The number of nitrogens with one attached hydrogen (secondary N) is 1. The first kappa shape index (κ1) is 29.5. The fourth-order valence-electron chi connectivity index (χ4n) is 5.41. The first-order valence-corrected chi connectivity index (χ1v) is 15.0. The van der Waals surface area contributed by atoms with Gasteiger partial charge in [-0.2, -0.15) is 9.57 Å². The molecule has 0 radical (unpaired) electrons. The van der Waals surface area contributed by atoms with Crippen molar-refractivity contribution in [1.29, 1.82) is 5.26 Å². The monoisotopic (exact) mass is 629 g/mol. The molecule has 2 aliphatic heterocycles. The van der Waals surface area contributed by atoms with Crippen LogP contribution >= 0.6 is 23.2 Å². The molecule has 2 unspecified atom stereocenters. The van der Waals surface area contributed by atoms with E-state index in [0.717, 1.165) is 10.5 Å². The Morgan fingerprint density at radius 2 is 1.86 bits per heavy atom. The van der Waals surface area contributed by atoms with Gasteiger partial charge in [-0.25, -0.2) is 18.3 Å². The van der Waals surface area contributed by atoms with Crippen molar-refractivity contribution in [2.75, 3.05) is 18.0 Å². The van der Waals surface area contributed by atoms with Crippen molar-refractivity contribution in [3.63, 3.8) is 0 Å². The molecule has 218 valence electrons. The summed E-state index contributed by atoms with van der Waals surface area (Å²) in [5.74, 6) is -1.87. The highest BCUT2D eigenvalue weighted by Gasteiger charge is 2.53. The van der Waals surface area contributed by atoms with Gasteiger partial charge in [-0.05, 0) is 55.7 Å². The molecule has 0 saturated carbocycles. The Hall–Kier alpha value is -3.96. The lowest BCUT2D eigenvalue weighted by Gasteiger charge is -2.29. The number of nitriles is 1. The lowest BCUT2D eigenvalue weighted by Crippen LogP contribution is -2.48. The minimum absolute atomic E-state index is 0.0296. The number of sulfonamides is 1. The van der Waals surface area contributed by atoms with Crippen LogP contribution in [-0.4, -0.2) is 59.1 Å². The smallest absolute Gasteiger partial charge is 0.261 e. The van der Waals surface area contributed by atoms with E-state index in [1.165, 1.54) is 27.7 Å². The molecule has 3 aromatic rings. The molecule has 0 aliphatic carbocycles. The summed E-state index contributed by atoms with van der Waals surface area (Å²) in [6, 6.07) is 12.1. The number of imidazole rings is 1. The summed E-state index contributed by atoms with van der Waals surface area (Å²) in [5, 5.41) is 11.8. The van der Waals surface area contributed by atoms with E-state index in [-0.39, 0.29) is 40.4 Å². The fraction of sp³-hybridized carbons (Fsp3) is 0.296. The van der Waals surface area contributed by atoms with Gasteiger partial charge in [0.05, 0.1) is 30.1 Å². The first-order valence-electron chi connectivity index (χ1n) is 12.8. The van der Waals surface area contributed by atoms with Crippen molar-refractivity contribution >= 4 is 62.6 Å². The minimum atomic E-state index is -4.39. The number of aromatic nitrogens is 2. The van der Waals surface area contributed by atoms with E-state index in [0.29, 0.717) is 23.2 Å². The molecule has 3 N–H and O–H groups in total. The molecule has 0 spiro atoms. The van der Waals surface area contributed by atoms with E-state index < -0.39 is 45.9 Å². The van der Waals surface area contributed by atoms with Crippen LogP contribution in [0.4, 0.5) is 11.6 Å². The molecule has 1 aromatic heterocycles. The quantitative estimate of drug-likeness (QED) is 0.385. The van der Waals surface area contributed by atoms with Crippen LogP contribution in [0.25, 0.3) is 0 Å². The van der Waals surface area contributed by atoms with Crippen LogP contribution in [0.2, 0.25) is 10.0 Å². The zero-order valence-corrected chi connectivity index (χ0v) is 24.6. The zero-order valence-electron chi connectivity index (χ0n) is 22.3. The first-order chi connectivity index (χ1) is 19.9. The highest BCUT2D eigenvalue weighted by molar-refractivity contribution is 7.89. The number of amides is 3. The van der Waals surface area contributed by atoms with Gasteiger partial charge in [0.2, 0.25) is 17.8 Å². The van der Waals surface area contributed by atoms with Crippen LogP contribution in [-0.2, 0) is 36.4 Å². The standard InChI is InChI=1S/C27H25Cl2N7O5S/c1-27(12-16-4-6-17(13-30)7-5-16)25(39)35(20-10-18(28)9-19(29)11-20)26-33-15-23(36(26)27)42(40,41)34-8-2-3-21(34)24(38)32-14-22(31)37/h4-7,9-11,15,21H,2-3,8,12,14H2,1H3,(H2,31,37)(H,32,38). The van der Waals surface area contributed by atoms with Gasteiger partial charge in [-0.3, -0.25) is 19.0 Å². The summed E-state index contributed by atoms with van der Waals surface area (Å²) in [4.78, 5) is 43.9. The number of carbonyl (C=O) groups is 3. The van der Waals surface area contributed by atoms with Crippen LogP contribution in [0.15, 0.2) is 53.7 Å². The van der Waals surface area contributed by atoms with E-state index in [9.17, 15) is 28.1 Å². The van der Waals surface area contributed by atoms with E-state index in [2.05, 4.69) is 10.3 Å². The number of hydrogen-bond acceptors (Lipinski definition) is 7. The average Bonchev–Trinajstić information content (AvgIpc) is 3.65. The van der Waals surface area contributed by atoms with E-state index in [1.807, 2.05) is 6.07 Å². The minimum Gasteiger partial charge on any atom is -0.368 e. The maximum Gasteiger partial charge on any atom is 0.261 e. The summed E-state index contributed by atoms with van der Waals surface area (Å²) < 4.78 is 30.8. The molecule has 12 nitrogen and oxygen atoms in total. The summed E-state index contributed by atoms with van der Waals surface area (Å²) >= 11 is 12.5. The lowest BCUT2D eigenvalue weighted by molar-refractivity contribution is -0.127. The van der Waals surface area contributed by atoms with Crippen molar-refractivity contribution in [3.05, 3.63) is 69.8 Å². The molecule has 1 saturated heterocycles. The van der Waals surface area contributed by atoms with Crippen molar-refractivity contribution in [2.24, 2.45) is 5.73 Å². The number of anilines is 2. The maximum absolute atomic E-state index is 14.2. The third kappa shape index (κ3) is 5.11. The molecule has 15 heteroatoms. The Bertz CT molecular complexity index is 1730. The highest BCUT2D eigenvalue weighted by Crippen LogP contribution is 2.45. The molecule has 3 heterocycles. The van der Waals surface area contributed by atoms with Crippen molar-refractivity contribution in [3.8, 4) is 6.07 Å². The highest BCUT2D eigenvalue weighted by atomic mass is 35.5. The Balaban J connectivity index is 1.63. The van der Waals surface area contributed by atoms with Crippen LogP contribution in [0.5, 0.6) is 0 Å². The molecular formula is C27H25Cl2N7O5S. The molecule has 5 rings (SSSR count). The number of nitrogens with zero attached hydrogens (tertiary/aromatic N) is 5. The second-order valence-corrected chi connectivity index (χ2v) is 12.9. The Morgan fingerprint density at radius 3 is 2.48 bits per heavy atom. The van der Waals surface area contributed by atoms with E-state index >= 15 is 0 Å². The van der Waals surface area contributed by atoms with Crippen LogP contribution in [0.3, 0.4) is 0 Å². The molecule has 2 atom stereocenters. The number of nitrogens with two attached hydrogens (primary N) is 1. The van der Waals surface area contributed by atoms with Gasteiger partial charge in [0.1, 0.15) is 11.6 Å². The number of halogens is 2. The fourth-order valence-corrected chi connectivity index (χ4v) is 7.77. The molecular weight excluding hydrogens is 605 g/mol. The molecule has 42 heavy (non-hydrogen) atoms. The third-order valence-corrected chi connectivity index (χ3v) is 9.63. The zero-order chi connectivity index (χ0) is 30.4. The Labute approximate surface area is 251 Å². The average molecular weight is 631 g/mol. The maximum atomic E-state index is 14.2. The summed E-state index contributed by atoms with van der Waals surface area (Å²) in [5.41, 5.74) is 5.03. The number of fused-ring (bicyclic) bond motifs is 1. The second kappa shape index (κ2) is 11.0. The Morgan fingerprint density at radius 1 is 1.19 bits per heavy atom. The number of benzene rings is 2. The SMILES string of the molecule is CC1(Cc2ccc(C#N)cc2)C(=O)N(c2cc(Cl)cc(Cl)c2)c2ncc(S(=O)(=O)N3CCCC3C(=O)NCC(N)=O)n21. The number of primary amides is 1. The van der Waals surface area contributed by atoms with Crippen molar-refractivity contribution in [2.45, 2.75) is 42.8 Å².